The van der Waals surface area contributed by atoms with E-state index in [2.05, 4.69) is 15.8 Å². The van der Waals surface area contributed by atoms with Gasteiger partial charge in [0, 0.05) is 55.9 Å². The normalized spacial score (nSPS) is 29.6. The van der Waals surface area contributed by atoms with Crippen molar-refractivity contribution in [3.63, 3.8) is 0 Å². The molecule has 3 atom stereocenters. The largest absolute Gasteiger partial charge is 0.340 e. The number of amides is 1. The highest BCUT2D eigenvalue weighted by Gasteiger charge is 2.42. The molecule has 1 aromatic rings. The molecule has 3 fully saturated rings. The summed E-state index contributed by atoms with van der Waals surface area (Å²) in [5.74, 6) is 0.669. The molecule has 2 heterocycles. The van der Waals surface area contributed by atoms with Gasteiger partial charge < -0.3 is 4.90 Å². The van der Waals surface area contributed by atoms with Gasteiger partial charge in [0.25, 0.3) is 0 Å². The van der Waals surface area contributed by atoms with E-state index in [0.29, 0.717) is 36.1 Å². The summed E-state index contributed by atoms with van der Waals surface area (Å²) in [6, 6.07) is 5.07. The number of nitrogens with one attached hydrogen (secondary N) is 2. The summed E-state index contributed by atoms with van der Waals surface area (Å²) in [4.78, 5) is 17.2. The second-order valence-electron chi connectivity index (χ2n) is 7.65. The molecular formula is C19H26ClFN4O. The number of hydrazine groups is 1. The van der Waals surface area contributed by atoms with Gasteiger partial charge in [0.2, 0.25) is 5.91 Å². The van der Waals surface area contributed by atoms with Gasteiger partial charge in [0.1, 0.15) is 5.82 Å². The second kappa shape index (κ2) is 7.80. The highest BCUT2D eigenvalue weighted by atomic mass is 35.5. The van der Waals surface area contributed by atoms with E-state index in [0.717, 1.165) is 32.5 Å². The van der Waals surface area contributed by atoms with Crippen molar-refractivity contribution in [2.24, 2.45) is 11.8 Å². The summed E-state index contributed by atoms with van der Waals surface area (Å²) in [6.07, 6.45) is 3.30. The van der Waals surface area contributed by atoms with Crippen molar-refractivity contribution in [1.82, 2.24) is 20.7 Å². The first-order chi connectivity index (χ1) is 12.6. The van der Waals surface area contributed by atoms with E-state index < -0.39 is 0 Å². The first-order valence-electron chi connectivity index (χ1n) is 9.56. The van der Waals surface area contributed by atoms with E-state index in [1.165, 1.54) is 12.5 Å². The van der Waals surface area contributed by atoms with Crippen molar-refractivity contribution >= 4 is 17.5 Å². The summed E-state index contributed by atoms with van der Waals surface area (Å²) in [6.45, 7) is 4.36. The van der Waals surface area contributed by atoms with Crippen molar-refractivity contribution in [1.29, 1.82) is 0 Å². The van der Waals surface area contributed by atoms with Gasteiger partial charge in [-0.2, -0.15) is 0 Å². The number of halogens is 2. The number of nitrogens with zero attached hydrogens (tertiary/aromatic N) is 2. The number of rotatable bonds is 3. The van der Waals surface area contributed by atoms with Crippen molar-refractivity contribution in [2.75, 3.05) is 32.7 Å². The maximum absolute atomic E-state index is 14.0. The van der Waals surface area contributed by atoms with Gasteiger partial charge in [0.05, 0.1) is 5.92 Å². The van der Waals surface area contributed by atoms with Gasteiger partial charge in [-0.05, 0) is 30.9 Å². The topological polar surface area (TPSA) is 47.6 Å². The lowest BCUT2D eigenvalue weighted by Crippen LogP contribution is -2.54. The molecule has 2 aliphatic heterocycles. The third-order valence-corrected chi connectivity index (χ3v) is 6.46. The lowest BCUT2D eigenvalue weighted by atomic mass is 9.77. The van der Waals surface area contributed by atoms with Crippen LogP contribution in [-0.4, -0.2) is 54.5 Å². The maximum Gasteiger partial charge on any atom is 0.227 e. The van der Waals surface area contributed by atoms with Crippen LogP contribution < -0.4 is 10.9 Å². The molecule has 7 heteroatoms. The monoisotopic (exact) mass is 380 g/mol. The minimum atomic E-state index is -0.260. The zero-order valence-corrected chi connectivity index (χ0v) is 15.6. The van der Waals surface area contributed by atoms with E-state index in [9.17, 15) is 9.18 Å². The van der Waals surface area contributed by atoms with E-state index in [1.807, 2.05) is 4.90 Å². The molecule has 2 saturated heterocycles. The third-order valence-electron chi connectivity index (χ3n) is 6.11. The molecule has 0 aromatic heterocycles. The molecule has 142 valence electrons. The fourth-order valence-electron chi connectivity index (χ4n) is 4.59. The minimum Gasteiger partial charge on any atom is -0.340 e. The minimum absolute atomic E-state index is 0.0799. The SMILES string of the molecule is O=C(C1CCCC2CNNC21)N1CCN(Cc2c(F)cccc2Cl)CC1. The fourth-order valence-corrected chi connectivity index (χ4v) is 4.81. The van der Waals surface area contributed by atoms with E-state index in [-0.39, 0.29) is 23.7 Å². The highest BCUT2D eigenvalue weighted by molar-refractivity contribution is 6.31. The number of hydrogen-bond donors (Lipinski definition) is 2. The molecule has 2 N–H and O–H groups in total. The van der Waals surface area contributed by atoms with Crippen LogP contribution in [0.3, 0.4) is 0 Å². The van der Waals surface area contributed by atoms with Crippen LogP contribution in [0, 0.1) is 17.7 Å². The molecule has 4 rings (SSSR count). The Bertz CT molecular complexity index is 645. The molecule has 1 saturated carbocycles. The number of benzene rings is 1. The summed E-state index contributed by atoms with van der Waals surface area (Å²) >= 11 is 6.14. The molecule has 1 aliphatic carbocycles. The summed E-state index contributed by atoms with van der Waals surface area (Å²) in [7, 11) is 0. The number of hydrogen-bond acceptors (Lipinski definition) is 4. The standard InChI is InChI=1S/C19H26ClFN4O/c20-16-5-2-6-17(21)15(16)12-24-7-9-25(10-8-24)19(26)14-4-1-3-13-11-22-23-18(13)14/h2,5-6,13-14,18,22-23H,1,3-4,7-12H2. The van der Waals surface area contributed by atoms with Crippen LogP contribution in [0.25, 0.3) is 0 Å². The van der Waals surface area contributed by atoms with Gasteiger partial charge in [-0.1, -0.05) is 24.1 Å². The molecule has 1 aromatic carbocycles. The lowest BCUT2D eigenvalue weighted by Gasteiger charge is -2.39. The van der Waals surface area contributed by atoms with Gasteiger partial charge in [-0.25, -0.2) is 4.39 Å². The molecule has 0 radical (unpaired) electrons. The maximum atomic E-state index is 14.0. The zero-order chi connectivity index (χ0) is 18.1. The Morgan fingerprint density at radius 1 is 1.23 bits per heavy atom. The molecule has 0 bridgehead atoms. The molecule has 1 amide bonds. The average molecular weight is 381 g/mol. The molecule has 3 unspecified atom stereocenters. The first-order valence-corrected chi connectivity index (χ1v) is 9.93. The Morgan fingerprint density at radius 2 is 2.04 bits per heavy atom. The van der Waals surface area contributed by atoms with Gasteiger partial charge in [0.15, 0.2) is 0 Å². The van der Waals surface area contributed by atoms with Gasteiger partial charge >= 0.3 is 0 Å². The van der Waals surface area contributed by atoms with Gasteiger partial charge in [-0.15, -0.1) is 0 Å². The summed E-state index contributed by atoms with van der Waals surface area (Å²) < 4.78 is 14.0. The Hall–Kier alpha value is -1.21. The van der Waals surface area contributed by atoms with Crippen LogP contribution >= 0.6 is 11.6 Å². The molecule has 0 spiro atoms. The number of carbonyl (C=O) groups excluding carboxylic acids is 1. The van der Waals surface area contributed by atoms with E-state index in [1.54, 1.807) is 12.1 Å². The predicted molar refractivity (Wildman–Crippen MR) is 99.0 cm³/mol. The number of piperazine rings is 1. The van der Waals surface area contributed by atoms with Crippen molar-refractivity contribution < 1.29 is 9.18 Å². The quantitative estimate of drug-likeness (QED) is 0.842. The Labute approximate surface area is 158 Å². The Kier molecular flexibility index (Phi) is 5.45. The smallest absolute Gasteiger partial charge is 0.227 e. The third kappa shape index (κ3) is 3.60. The molecule has 5 nitrogen and oxygen atoms in total. The Balaban J connectivity index is 1.34. The van der Waals surface area contributed by atoms with Crippen molar-refractivity contribution in [3.05, 3.63) is 34.6 Å². The van der Waals surface area contributed by atoms with Crippen molar-refractivity contribution in [2.45, 2.75) is 31.8 Å². The van der Waals surface area contributed by atoms with E-state index >= 15 is 0 Å². The van der Waals surface area contributed by atoms with Crippen LogP contribution in [0.2, 0.25) is 5.02 Å². The molecule has 26 heavy (non-hydrogen) atoms. The molecular weight excluding hydrogens is 355 g/mol. The summed E-state index contributed by atoms with van der Waals surface area (Å²) in [5.41, 5.74) is 7.08. The average Bonchev–Trinajstić information content (AvgIpc) is 3.14. The predicted octanol–water partition coefficient (Wildman–Crippen LogP) is 2.02. The van der Waals surface area contributed by atoms with Crippen LogP contribution in [0.15, 0.2) is 18.2 Å². The lowest BCUT2D eigenvalue weighted by molar-refractivity contribution is -0.139. The van der Waals surface area contributed by atoms with Crippen LogP contribution in [0.5, 0.6) is 0 Å². The van der Waals surface area contributed by atoms with Crippen LogP contribution in [0.4, 0.5) is 4.39 Å². The zero-order valence-electron chi connectivity index (χ0n) is 14.9. The number of carbonyl (C=O) groups is 1. The van der Waals surface area contributed by atoms with Crippen LogP contribution in [0.1, 0.15) is 24.8 Å². The van der Waals surface area contributed by atoms with Crippen molar-refractivity contribution in [3.8, 4) is 0 Å². The fraction of sp³-hybridized carbons (Fsp3) is 0.632. The summed E-state index contributed by atoms with van der Waals surface area (Å²) in [5, 5.41) is 0.469. The first kappa shape index (κ1) is 18.2. The molecule has 3 aliphatic rings. The van der Waals surface area contributed by atoms with E-state index in [4.69, 9.17) is 11.6 Å². The second-order valence-corrected chi connectivity index (χ2v) is 8.06. The Morgan fingerprint density at radius 3 is 2.81 bits per heavy atom. The van der Waals surface area contributed by atoms with Crippen LogP contribution in [-0.2, 0) is 11.3 Å². The number of fused-ring (bicyclic) bond motifs is 1. The highest BCUT2D eigenvalue weighted by Crippen LogP contribution is 2.32. The van der Waals surface area contributed by atoms with Gasteiger partial charge in [-0.3, -0.25) is 20.5 Å².